The Morgan fingerprint density at radius 2 is 1.59 bits per heavy atom. The lowest BCUT2D eigenvalue weighted by Crippen LogP contribution is -2.46. The number of carbonyl (C=O) groups is 3. The van der Waals surface area contributed by atoms with Crippen molar-refractivity contribution in [2.45, 2.75) is 18.4 Å². The van der Waals surface area contributed by atoms with Crippen molar-refractivity contribution in [2.24, 2.45) is 11.7 Å². The molecule has 1 aliphatic heterocycles. The molecule has 1 atom stereocenters. The van der Waals surface area contributed by atoms with Crippen molar-refractivity contribution in [1.29, 1.82) is 0 Å². The van der Waals surface area contributed by atoms with Gasteiger partial charge in [-0.3, -0.25) is 9.59 Å². The lowest BCUT2D eigenvalue weighted by molar-refractivity contribution is -0.167. The second-order valence-electron chi connectivity index (χ2n) is 7.10. The molecule has 1 heterocycles. The number of aliphatic hydroxyl groups is 1. The normalized spacial score (nSPS) is 16.9. The summed E-state index contributed by atoms with van der Waals surface area (Å²) in [6, 6.07) is 16.9. The predicted octanol–water partition coefficient (Wildman–Crippen LogP) is 1.19. The minimum absolute atomic E-state index is 0.216. The molecule has 2 aromatic carbocycles. The minimum Gasteiger partial charge on any atom is -0.453 e. The Hall–Kier alpha value is -3.19. The Labute approximate surface area is 169 Å². The summed E-state index contributed by atoms with van der Waals surface area (Å²) in [4.78, 5) is 38.3. The van der Waals surface area contributed by atoms with Crippen LogP contribution in [0.4, 0.5) is 0 Å². The smallest absolute Gasteiger partial charge is 0.348 e. The number of amides is 2. The Kier molecular flexibility index (Phi) is 6.29. The van der Waals surface area contributed by atoms with E-state index in [0.29, 0.717) is 30.5 Å². The molecule has 0 spiro atoms. The molecule has 1 fully saturated rings. The zero-order valence-corrected chi connectivity index (χ0v) is 16.0. The molecule has 3 rings (SSSR count). The Morgan fingerprint density at radius 1 is 1.03 bits per heavy atom. The molecule has 0 bridgehead atoms. The standard InChI is InChI=1S/C22H24N2O5/c23-20(26)16-8-7-13-24(14-16)19(25)15-29-21(27)22(28,17-9-3-1-4-10-17)18-11-5-2-6-12-18/h1-6,9-12,16,28H,7-8,13-15H2,(H2,23,26)/t16-/m0/s1. The summed E-state index contributed by atoms with van der Waals surface area (Å²) in [6.45, 7) is 0.168. The predicted molar refractivity (Wildman–Crippen MR) is 105 cm³/mol. The molecule has 7 heteroatoms. The molecule has 7 nitrogen and oxygen atoms in total. The number of piperidine rings is 1. The number of hydrogen-bond donors (Lipinski definition) is 2. The van der Waals surface area contributed by atoms with E-state index in [4.69, 9.17) is 10.5 Å². The van der Waals surface area contributed by atoms with Gasteiger partial charge in [0.1, 0.15) is 0 Å². The van der Waals surface area contributed by atoms with Gasteiger partial charge in [-0.25, -0.2) is 4.79 Å². The van der Waals surface area contributed by atoms with E-state index in [0.717, 1.165) is 0 Å². The third-order valence-corrected chi connectivity index (χ3v) is 5.18. The number of carbonyl (C=O) groups excluding carboxylic acids is 3. The summed E-state index contributed by atoms with van der Waals surface area (Å²) in [6.07, 6.45) is 1.30. The lowest BCUT2D eigenvalue weighted by atomic mass is 9.86. The topological polar surface area (TPSA) is 110 Å². The molecule has 3 N–H and O–H groups in total. The molecule has 1 saturated heterocycles. The van der Waals surface area contributed by atoms with E-state index in [1.165, 1.54) is 4.90 Å². The maximum atomic E-state index is 12.9. The van der Waals surface area contributed by atoms with Gasteiger partial charge in [-0.15, -0.1) is 0 Å². The van der Waals surface area contributed by atoms with Crippen molar-refractivity contribution < 1.29 is 24.2 Å². The van der Waals surface area contributed by atoms with Gasteiger partial charge >= 0.3 is 5.97 Å². The van der Waals surface area contributed by atoms with Gasteiger partial charge in [0.05, 0.1) is 5.92 Å². The second-order valence-corrected chi connectivity index (χ2v) is 7.10. The molecule has 2 aromatic rings. The van der Waals surface area contributed by atoms with E-state index in [1.807, 2.05) is 0 Å². The van der Waals surface area contributed by atoms with Gasteiger partial charge in [0, 0.05) is 13.1 Å². The molecule has 0 saturated carbocycles. The largest absolute Gasteiger partial charge is 0.453 e. The van der Waals surface area contributed by atoms with Gasteiger partial charge in [0.25, 0.3) is 5.91 Å². The molecule has 0 unspecified atom stereocenters. The minimum atomic E-state index is -2.04. The monoisotopic (exact) mass is 396 g/mol. The first-order valence-corrected chi connectivity index (χ1v) is 9.50. The number of nitrogens with zero attached hydrogens (tertiary/aromatic N) is 1. The number of esters is 1. The van der Waals surface area contributed by atoms with Crippen molar-refractivity contribution in [3.05, 3.63) is 71.8 Å². The van der Waals surface area contributed by atoms with Crippen molar-refractivity contribution >= 4 is 17.8 Å². The zero-order chi connectivity index (χ0) is 20.9. The maximum Gasteiger partial charge on any atom is 0.348 e. The Bertz CT molecular complexity index is 830. The van der Waals surface area contributed by atoms with Crippen molar-refractivity contribution in [2.75, 3.05) is 19.7 Å². The average Bonchev–Trinajstić information content (AvgIpc) is 2.77. The van der Waals surface area contributed by atoms with Gasteiger partial charge in [-0.1, -0.05) is 60.7 Å². The van der Waals surface area contributed by atoms with E-state index in [1.54, 1.807) is 60.7 Å². The van der Waals surface area contributed by atoms with Gasteiger partial charge in [0.2, 0.25) is 11.5 Å². The van der Waals surface area contributed by atoms with Crippen LogP contribution < -0.4 is 5.73 Å². The molecule has 29 heavy (non-hydrogen) atoms. The first kappa shape index (κ1) is 20.5. The highest BCUT2D eigenvalue weighted by atomic mass is 16.6. The highest BCUT2D eigenvalue weighted by molar-refractivity contribution is 5.88. The quantitative estimate of drug-likeness (QED) is 0.713. The third kappa shape index (κ3) is 4.46. The van der Waals surface area contributed by atoms with Crippen LogP contribution in [0.5, 0.6) is 0 Å². The molecule has 2 amide bonds. The summed E-state index contributed by atoms with van der Waals surface area (Å²) >= 11 is 0. The van der Waals surface area contributed by atoms with Crippen LogP contribution in [0.1, 0.15) is 24.0 Å². The fraction of sp³-hybridized carbons (Fsp3) is 0.318. The summed E-state index contributed by atoms with van der Waals surface area (Å²) in [7, 11) is 0. The highest BCUT2D eigenvalue weighted by Gasteiger charge is 2.42. The first-order chi connectivity index (χ1) is 13.9. The number of ether oxygens (including phenoxy) is 1. The summed E-state index contributed by atoms with van der Waals surface area (Å²) in [5, 5.41) is 11.3. The molecular weight excluding hydrogens is 372 g/mol. The zero-order valence-electron chi connectivity index (χ0n) is 16.0. The summed E-state index contributed by atoms with van der Waals surface area (Å²) in [5.74, 6) is -2.20. The lowest BCUT2D eigenvalue weighted by Gasteiger charge is -2.32. The number of primary amides is 1. The second kappa shape index (κ2) is 8.87. The number of hydrogen-bond acceptors (Lipinski definition) is 5. The molecule has 0 radical (unpaired) electrons. The van der Waals surface area contributed by atoms with Crippen molar-refractivity contribution in [3.63, 3.8) is 0 Å². The molecular formula is C22H24N2O5. The van der Waals surface area contributed by atoms with Gasteiger partial charge < -0.3 is 20.5 Å². The van der Waals surface area contributed by atoms with Crippen LogP contribution in [-0.4, -0.2) is 47.5 Å². The van der Waals surface area contributed by atoms with Crippen molar-refractivity contribution in [3.8, 4) is 0 Å². The summed E-state index contributed by atoms with van der Waals surface area (Å²) < 4.78 is 5.23. The fourth-order valence-electron chi connectivity index (χ4n) is 3.52. The number of likely N-dealkylation sites (tertiary alicyclic amines) is 1. The molecule has 0 aromatic heterocycles. The van der Waals surface area contributed by atoms with Crippen LogP contribution in [0, 0.1) is 5.92 Å². The Morgan fingerprint density at radius 3 is 2.10 bits per heavy atom. The fourth-order valence-corrected chi connectivity index (χ4v) is 3.52. The van der Waals surface area contributed by atoms with Crippen molar-refractivity contribution in [1.82, 2.24) is 4.90 Å². The van der Waals surface area contributed by atoms with Gasteiger partial charge in [-0.05, 0) is 24.0 Å². The van der Waals surface area contributed by atoms with Crippen LogP contribution in [0.25, 0.3) is 0 Å². The molecule has 0 aliphatic carbocycles. The summed E-state index contributed by atoms with van der Waals surface area (Å²) in [5.41, 5.74) is 3.99. The van der Waals surface area contributed by atoms with E-state index < -0.39 is 35.9 Å². The molecule has 152 valence electrons. The average molecular weight is 396 g/mol. The van der Waals surface area contributed by atoms with Gasteiger partial charge in [-0.2, -0.15) is 0 Å². The third-order valence-electron chi connectivity index (χ3n) is 5.18. The SMILES string of the molecule is NC(=O)[C@H]1CCCN(C(=O)COC(=O)C(O)(c2ccccc2)c2ccccc2)C1. The van der Waals surface area contributed by atoms with E-state index in [-0.39, 0.29) is 6.54 Å². The van der Waals surface area contributed by atoms with Crippen LogP contribution in [0.15, 0.2) is 60.7 Å². The first-order valence-electron chi connectivity index (χ1n) is 9.50. The van der Waals surface area contributed by atoms with E-state index in [2.05, 4.69) is 0 Å². The van der Waals surface area contributed by atoms with E-state index in [9.17, 15) is 19.5 Å². The molecule has 1 aliphatic rings. The number of rotatable bonds is 6. The van der Waals surface area contributed by atoms with Crippen LogP contribution >= 0.6 is 0 Å². The highest BCUT2D eigenvalue weighted by Crippen LogP contribution is 2.31. The number of benzene rings is 2. The Balaban J connectivity index is 1.74. The maximum absolute atomic E-state index is 12.9. The van der Waals surface area contributed by atoms with Crippen LogP contribution in [-0.2, 0) is 24.7 Å². The van der Waals surface area contributed by atoms with Crippen LogP contribution in [0.3, 0.4) is 0 Å². The van der Waals surface area contributed by atoms with Gasteiger partial charge in [0.15, 0.2) is 6.61 Å². The van der Waals surface area contributed by atoms with E-state index >= 15 is 0 Å². The number of nitrogens with two attached hydrogens (primary N) is 1. The van der Waals surface area contributed by atoms with Crippen LogP contribution in [0.2, 0.25) is 0 Å².